The van der Waals surface area contributed by atoms with Gasteiger partial charge in [-0.15, -0.1) is 0 Å². The molecule has 4 heterocycles. The van der Waals surface area contributed by atoms with Gasteiger partial charge in [-0.3, -0.25) is 4.79 Å². The summed E-state index contributed by atoms with van der Waals surface area (Å²) in [6.45, 7) is 1.94. The van der Waals surface area contributed by atoms with Crippen molar-refractivity contribution in [3.8, 4) is 11.4 Å². The van der Waals surface area contributed by atoms with Crippen molar-refractivity contribution in [2.75, 3.05) is 18.4 Å². The Morgan fingerprint density at radius 3 is 2.97 bits per heavy atom. The van der Waals surface area contributed by atoms with Crippen molar-refractivity contribution < 1.29 is 4.79 Å². The molecule has 3 N–H and O–H groups in total. The Morgan fingerprint density at radius 2 is 2.19 bits per heavy atom. The molecule has 1 saturated heterocycles. The summed E-state index contributed by atoms with van der Waals surface area (Å²) in [5.74, 6) is 0.950. The van der Waals surface area contributed by atoms with E-state index in [0.717, 1.165) is 53.9 Å². The number of nitrogens with one attached hydrogen (secondary N) is 3. The fourth-order valence-corrected chi connectivity index (χ4v) is 4.40. The van der Waals surface area contributed by atoms with Crippen molar-refractivity contribution in [3.05, 3.63) is 53.7 Å². The Balaban J connectivity index is 1.37. The fraction of sp³-hybridized carbons (Fsp3) is 0.304. The molecule has 1 fully saturated rings. The maximum atomic E-state index is 12.8. The number of carbonyl (C=O) groups is 1. The lowest BCUT2D eigenvalue weighted by molar-refractivity contribution is 0.0949. The van der Waals surface area contributed by atoms with E-state index < -0.39 is 0 Å². The number of anilines is 2. The van der Waals surface area contributed by atoms with Crippen molar-refractivity contribution in [2.24, 2.45) is 13.0 Å². The number of aromatic nitrogens is 5. The van der Waals surface area contributed by atoms with Crippen LogP contribution in [0, 0.1) is 5.92 Å². The number of imidazole rings is 1. The monoisotopic (exact) mass is 449 g/mol. The number of aromatic amines is 1. The standard InChI is InChI=1S/C23H24ClN7O/c1-31-12-20(27-13-31)18-4-6-26-23(30-18)28-16-8-15-9-19(29-22(15)17(24)10-16)21(32)7-14-3-2-5-25-11-14/h4,6,8-10,12-14,25,29H,2-3,5,7,11H2,1H3,(H,26,28,30). The molecular formula is C23H24ClN7O. The molecule has 32 heavy (non-hydrogen) atoms. The zero-order valence-electron chi connectivity index (χ0n) is 17.7. The van der Waals surface area contributed by atoms with E-state index in [0.29, 0.717) is 29.0 Å². The number of carbonyl (C=O) groups excluding carboxylic acids is 1. The lowest BCUT2D eigenvalue weighted by Crippen LogP contribution is -2.31. The number of halogens is 1. The first-order chi connectivity index (χ1) is 15.5. The Morgan fingerprint density at radius 1 is 1.28 bits per heavy atom. The van der Waals surface area contributed by atoms with Crippen LogP contribution >= 0.6 is 11.6 Å². The van der Waals surface area contributed by atoms with E-state index in [-0.39, 0.29) is 5.78 Å². The molecule has 4 aromatic rings. The van der Waals surface area contributed by atoms with E-state index in [1.54, 1.807) is 18.6 Å². The van der Waals surface area contributed by atoms with Crippen LogP contribution in [-0.2, 0) is 7.05 Å². The van der Waals surface area contributed by atoms with Crippen molar-refractivity contribution in [2.45, 2.75) is 19.3 Å². The van der Waals surface area contributed by atoms with Gasteiger partial charge < -0.3 is 20.2 Å². The SMILES string of the molecule is Cn1cnc(-c2ccnc(Nc3cc(Cl)c4[nH]c(C(=O)CC5CCCNC5)cc4c3)n2)c1. The number of fused-ring (bicyclic) bond motifs is 1. The largest absolute Gasteiger partial charge is 0.351 e. The first kappa shape index (κ1) is 20.7. The molecule has 0 bridgehead atoms. The summed E-state index contributed by atoms with van der Waals surface area (Å²) in [5.41, 5.74) is 3.59. The van der Waals surface area contributed by atoms with Gasteiger partial charge in [0.1, 0.15) is 5.69 Å². The number of piperidine rings is 1. The Bertz CT molecular complexity index is 1270. The summed E-state index contributed by atoms with van der Waals surface area (Å²) < 4.78 is 1.87. The number of Topliss-reactive ketones (excluding diaryl/α,β-unsaturated/α-hetero) is 1. The fourth-order valence-electron chi connectivity index (χ4n) is 4.13. The minimum Gasteiger partial charge on any atom is -0.351 e. The van der Waals surface area contributed by atoms with Gasteiger partial charge in [0.05, 0.1) is 28.3 Å². The maximum Gasteiger partial charge on any atom is 0.227 e. The molecule has 1 atom stereocenters. The zero-order chi connectivity index (χ0) is 22.1. The highest BCUT2D eigenvalue weighted by atomic mass is 35.5. The first-order valence-corrected chi connectivity index (χ1v) is 11.1. The summed E-state index contributed by atoms with van der Waals surface area (Å²) in [4.78, 5) is 29.2. The molecule has 0 spiro atoms. The number of benzene rings is 1. The third-order valence-corrected chi connectivity index (χ3v) is 6.03. The average molecular weight is 450 g/mol. The van der Waals surface area contributed by atoms with Gasteiger partial charge in [0.2, 0.25) is 5.95 Å². The number of rotatable bonds is 6. The van der Waals surface area contributed by atoms with Crippen LogP contribution in [0.1, 0.15) is 29.8 Å². The van der Waals surface area contributed by atoms with Gasteiger partial charge in [0.15, 0.2) is 5.78 Å². The van der Waals surface area contributed by atoms with E-state index in [1.165, 1.54) is 0 Å². The summed E-state index contributed by atoms with van der Waals surface area (Å²) in [5, 5.41) is 7.97. The quantitative estimate of drug-likeness (QED) is 0.379. The molecule has 0 aliphatic carbocycles. The zero-order valence-corrected chi connectivity index (χ0v) is 18.5. The molecule has 1 aliphatic heterocycles. The molecular weight excluding hydrogens is 426 g/mol. The van der Waals surface area contributed by atoms with Gasteiger partial charge >= 0.3 is 0 Å². The molecule has 0 amide bonds. The first-order valence-electron chi connectivity index (χ1n) is 10.7. The molecule has 1 unspecified atom stereocenters. The second-order valence-electron chi connectivity index (χ2n) is 8.26. The van der Waals surface area contributed by atoms with Gasteiger partial charge in [0.25, 0.3) is 0 Å². The van der Waals surface area contributed by atoms with Gasteiger partial charge in [-0.05, 0) is 56.1 Å². The topological polar surface area (TPSA) is 101 Å². The van der Waals surface area contributed by atoms with E-state index in [9.17, 15) is 4.79 Å². The van der Waals surface area contributed by atoms with Crippen molar-refractivity contribution in [1.29, 1.82) is 0 Å². The van der Waals surface area contributed by atoms with Crippen molar-refractivity contribution in [1.82, 2.24) is 29.8 Å². The van der Waals surface area contributed by atoms with Gasteiger partial charge in [0, 0.05) is 36.9 Å². The maximum absolute atomic E-state index is 12.8. The van der Waals surface area contributed by atoms with E-state index in [2.05, 4.69) is 30.6 Å². The summed E-state index contributed by atoms with van der Waals surface area (Å²) >= 11 is 6.52. The second kappa shape index (κ2) is 8.72. The third-order valence-electron chi connectivity index (χ3n) is 5.73. The summed E-state index contributed by atoms with van der Waals surface area (Å²) in [7, 11) is 1.91. The van der Waals surface area contributed by atoms with Crippen LogP contribution in [0.3, 0.4) is 0 Å². The minimum atomic E-state index is 0.117. The highest BCUT2D eigenvalue weighted by Gasteiger charge is 2.19. The molecule has 0 radical (unpaired) electrons. The van der Waals surface area contributed by atoms with Gasteiger partial charge in [-0.2, -0.15) is 0 Å². The molecule has 1 aliphatic rings. The van der Waals surface area contributed by atoms with Crippen molar-refractivity contribution in [3.63, 3.8) is 0 Å². The van der Waals surface area contributed by atoms with Crippen LogP contribution in [-0.4, -0.2) is 43.4 Å². The Kier molecular flexibility index (Phi) is 5.63. The van der Waals surface area contributed by atoms with Crippen LogP contribution in [0.2, 0.25) is 5.02 Å². The third kappa shape index (κ3) is 4.37. The molecule has 1 aromatic carbocycles. The molecule has 0 saturated carbocycles. The predicted octanol–water partition coefficient (Wildman–Crippen LogP) is 4.33. The summed E-state index contributed by atoms with van der Waals surface area (Å²) in [6, 6.07) is 7.43. The molecule has 5 rings (SSSR count). The van der Waals surface area contributed by atoms with Crippen LogP contribution in [0.25, 0.3) is 22.3 Å². The van der Waals surface area contributed by atoms with Gasteiger partial charge in [-0.25, -0.2) is 15.0 Å². The van der Waals surface area contributed by atoms with E-state index >= 15 is 0 Å². The van der Waals surface area contributed by atoms with Crippen LogP contribution in [0.5, 0.6) is 0 Å². The number of hydrogen-bond acceptors (Lipinski definition) is 6. The highest BCUT2D eigenvalue weighted by molar-refractivity contribution is 6.35. The number of aryl methyl sites for hydroxylation is 1. The lowest BCUT2D eigenvalue weighted by atomic mass is 9.93. The van der Waals surface area contributed by atoms with Crippen LogP contribution in [0.15, 0.2) is 43.0 Å². The second-order valence-corrected chi connectivity index (χ2v) is 8.67. The number of nitrogens with zero attached hydrogens (tertiary/aromatic N) is 4. The predicted molar refractivity (Wildman–Crippen MR) is 125 cm³/mol. The van der Waals surface area contributed by atoms with Crippen LogP contribution in [0.4, 0.5) is 11.6 Å². The molecule has 164 valence electrons. The Hall–Kier alpha value is -3.23. The number of hydrogen-bond donors (Lipinski definition) is 3. The van der Waals surface area contributed by atoms with E-state index in [4.69, 9.17) is 11.6 Å². The van der Waals surface area contributed by atoms with Crippen molar-refractivity contribution >= 4 is 39.9 Å². The van der Waals surface area contributed by atoms with E-state index in [1.807, 2.05) is 36.0 Å². The minimum absolute atomic E-state index is 0.117. The Labute approximate surface area is 190 Å². The number of H-pyrrole nitrogens is 1. The average Bonchev–Trinajstić information content (AvgIpc) is 3.41. The lowest BCUT2D eigenvalue weighted by Gasteiger charge is -2.21. The smallest absolute Gasteiger partial charge is 0.227 e. The normalized spacial score (nSPS) is 16.4. The molecule has 8 nitrogen and oxygen atoms in total. The number of ketones is 1. The molecule has 3 aromatic heterocycles. The van der Waals surface area contributed by atoms with Gasteiger partial charge in [-0.1, -0.05) is 11.6 Å². The highest BCUT2D eigenvalue weighted by Crippen LogP contribution is 2.30. The van der Waals surface area contributed by atoms with Crippen LogP contribution < -0.4 is 10.6 Å². The summed E-state index contributed by atoms with van der Waals surface area (Å²) in [6.07, 6.45) is 8.06. The molecule has 9 heteroatoms.